The quantitative estimate of drug-likeness (QED) is 0.712. The first-order valence-corrected chi connectivity index (χ1v) is 6.32. The lowest BCUT2D eigenvalue weighted by Crippen LogP contribution is -2.45. The maximum Gasteiger partial charge on any atom is 0.326 e. The minimum Gasteiger partial charge on any atom is -0.481 e. The molecule has 106 valence electrons. The van der Waals surface area contributed by atoms with Crippen molar-refractivity contribution in [2.45, 2.75) is 31.2 Å². The molecular weight excluding hydrogens is 262 g/mol. The highest BCUT2D eigenvalue weighted by Gasteiger charge is 2.33. The summed E-state index contributed by atoms with van der Waals surface area (Å²) >= 11 is 0. The highest BCUT2D eigenvalue weighted by Crippen LogP contribution is 2.34. The predicted molar refractivity (Wildman–Crippen MR) is 69.3 cm³/mol. The van der Waals surface area contributed by atoms with Gasteiger partial charge in [-0.3, -0.25) is 9.59 Å². The van der Waals surface area contributed by atoms with Gasteiger partial charge in [0.25, 0.3) is 0 Å². The van der Waals surface area contributed by atoms with E-state index in [1.54, 1.807) is 0 Å². The molecule has 0 bridgehead atoms. The van der Waals surface area contributed by atoms with Gasteiger partial charge in [-0.2, -0.15) is 0 Å². The standard InChI is InChI=1S/C14H15NO5/c16-12(17)6-5-11(14(19)20)15-13(18)10-7-8-3-1-2-4-9(8)10/h1-4,10-11H,5-7H2,(H,15,18)(H,16,17)(H,19,20). The number of hydrogen-bond donors (Lipinski definition) is 3. The van der Waals surface area contributed by atoms with E-state index >= 15 is 0 Å². The van der Waals surface area contributed by atoms with Crippen molar-refractivity contribution in [1.82, 2.24) is 5.32 Å². The van der Waals surface area contributed by atoms with Gasteiger partial charge in [0, 0.05) is 6.42 Å². The Bertz CT molecular complexity index is 554. The van der Waals surface area contributed by atoms with E-state index in [0.717, 1.165) is 11.1 Å². The fourth-order valence-electron chi connectivity index (χ4n) is 2.29. The predicted octanol–water partition coefficient (Wildman–Crippen LogP) is 0.760. The Morgan fingerprint density at radius 2 is 1.95 bits per heavy atom. The van der Waals surface area contributed by atoms with Crippen molar-refractivity contribution < 1.29 is 24.6 Å². The van der Waals surface area contributed by atoms with E-state index < -0.39 is 18.0 Å². The van der Waals surface area contributed by atoms with Gasteiger partial charge >= 0.3 is 11.9 Å². The van der Waals surface area contributed by atoms with Crippen molar-refractivity contribution in [2.75, 3.05) is 0 Å². The summed E-state index contributed by atoms with van der Waals surface area (Å²) in [6, 6.07) is 6.33. The zero-order valence-electron chi connectivity index (χ0n) is 10.7. The molecule has 2 rings (SSSR count). The van der Waals surface area contributed by atoms with Gasteiger partial charge in [0.15, 0.2) is 0 Å². The molecule has 0 radical (unpaired) electrons. The van der Waals surface area contributed by atoms with Crippen LogP contribution in [0.3, 0.4) is 0 Å². The highest BCUT2D eigenvalue weighted by atomic mass is 16.4. The number of carbonyl (C=O) groups is 3. The van der Waals surface area contributed by atoms with Crippen LogP contribution in [0, 0.1) is 0 Å². The summed E-state index contributed by atoms with van der Waals surface area (Å²) in [5.74, 6) is -2.99. The monoisotopic (exact) mass is 277 g/mol. The average molecular weight is 277 g/mol. The van der Waals surface area contributed by atoms with Crippen molar-refractivity contribution in [2.24, 2.45) is 0 Å². The molecule has 6 nitrogen and oxygen atoms in total. The highest BCUT2D eigenvalue weighted by molar-refractivity contribution is 5.90. The third-order valence-corrected chi connectivity index (χ3v) is 3.43. The number of hydrogen-bond acceptors (Lipinski definition) is 3. The number of fused-ring (bicyclic) bond motifs is 1. The first-order chi connectivity index (χ1) is 9.49. The van der Waals surface area contributed by atoms with E-state index in [-0.39, 0.29) is 24.7 Å². The third-order valence-electron chi connectivity index (χ3n) is 3.43. The minimum atomic E-state index is -1.22. The maximum absolute atomic E-state index is 12.0. The molecule has 0 aliphatic heterocycles. The Kier molecular flexibility index (Phi) is 4.02. The third kappa shape index (κ3) is 2.96. The molecule has 2 atom stereocenters. The zero-order chi connectivity index (χ0) is 14.7. The number of aliphatic carboxylic acids is 2. The van der Waals surface area contributed by atoms with Crippen molar-refractivity contribution >= 4 is 17.8 Å². The van der Waals surface area contributed by atoms with Crippen LogP contribution in [0.1, 0.15) is 29.9 Å². The van der Waals surface area contributed by atoms with E-state index in [0.29, 0.717) is 6.42 Å². The van der Waals surface area contributed by atoms with Crippen LogP contribution < -0.4 is 5.32 Å². The Hall–Kier alpha value is -2.37. The molecule has 2 unspecified atom stereocenters. The molecule has 1 aliphatic rings. The van der Waals surface area contributed by atoms with Crippen LogP contribution in [0.15, 0.2) is 24.3 Å². The van der Waals surface area contributed by atoms with Crippen LogP contribution in [0.5, 0.6) is 0 Å². The molecule has 1 amide bonds. The summed E-state index contributed by atoms with van der Waals surface area (Å²) in [4.78, 5) is 33.5. The molecule has 0 saturated carbocycles. The number of amides is 1. The number of benzene rings is 1. The lowest BCUT2D eigenvalue weighted by Gasteiger charge is -2.29. The Morgan fingerprint density at radius 1 is 1.25 bits per heavy atom. The molecule has 3 N–H and O–H groups in total. The van der Waals surface area contributed by atoms with Gasteiger partial charge in [0.2, 0.25) is 5.91 Å². The molecule has 1 aromatic carbocycles. The number of rotatable bonds is 6. The second-order valence-corrected chi connectivity index (χ2v) is 4.79. The Morgan fingerprint density at radius 3 is 2.55 bits per heavy atom. The zero-order valence-corrected chi connectivity index (χ0v) is 10.7. The molecule has 0 saturated heterocycles. The molecule has 20 heavy (non-hydrogen) atoms. The van der Waals surface area contributed by atoms with E-state index in [9.17, 15) is 14.4 Å². The van der Waals surface area contributed by atoms with Gasteiger partial charge in [-0.15, -0.1) is 0 Å². The maximum atomic E-state index is 12.0. The summed E-state index contributed by atoms with van der Waals surface area (Å²) in [6.07, 6.45) is 0.177. The van der Waals surface area contributed by atoms with Crippen molar-refractivity contribution in [3.8, 4) is 0 Å². The van der Waals surface area contributed by atoms with Crippen LogP contribution >= 0.6 is 0 Å². The molecule has 6 heteroatoms. The summed E-state index contributed by atoms with van der Waals surface area (Å²) in [7, 11) is 0. The van der Waals surface area contributed by atoms with Gasteiger partial charge in [0.05, 0.1) is 5.92 Å². The largest absolute Gasteiger partial charge is 0.481 e. The molecule has 0 fully saturated rings. The van der Waals surface area contributed by atoms with E-state index in [2.05, 4.69) is 5.32 Å². The summed E-state index contributed by atoms with van der Waals surface area (Å²) in [6.45, 7) is 0. The van der Waals surface area contributed by atoms with Crippen LogP contribution in [0.25, 0.3) is 0 Å². The first kappa shape index (κ1) is 14.0. The molecular formula is C14H15NO5. The van der Waals surface area contributed by atoms with E-state index in [1.807, 2.05) is 24.3 Å². The van der Waals surface area contributed by atoms with E-state index in [1.165, 1.54) is 0 Å². The summed E-state index contributed by atoms with van der Waals surface area (Å²) in [5.41, 5.74) is 2.00. The topological polar surface area (TPSA) is 104 Å². The van der Waals surface area contributed by atoms with Crippen molar-refractivity contribution in [1.29, 1.82) is 0 Å². The average Bonchev–Trinajstić information content (AvgIpc) is 2.35. The number of nitrogens with one attached hydrogen (secondary N) is 1. The van der Waals surface area contributed by atoms with Gasteiger partial charge < -0.3 is 15.5 Å². The molecule has 1 aromatic rings. The van der Waals surface area contributed by atoms with Crippen LogP contribution in [-0.2, 0) is 20.8 Å². The second kappa shape index (κ2) is 5.73. The number of carboxylic acids is 2. The molecule has 0 heterocycles. The SMILES string of the molecule is O=C(O)CCC(NC(=O)C1Cc2ccccc21)C(=O)O. The van der Waals surface area contributed by atoms with E-state index in [4.69, 9.17) is 10.2 Å². The number of carbonyl (C=O) groups excluding carboxylic acids is 1. The van der Waals surface area contributed by atoms with Crippen molar-refractivity contribution in [3.05, 3.63) is 35.4 Å². The minimum absolute atomic E-state index is 0.120. The van der Waals surface area contributed by atoms with Gasteiger partial charge in [-0.05, 0) is 24.0 Å². The lowest BCUT2D eigenvalue weighted by molar-refractivity contribution is -0.143. The fourth-order valence-corrected chi connectivity index (χ4v) is 2.29. The first-order valence-electron chi connectivity index (χ1n) is 6.32. The van der Waals surface area contributed by atoms with Gasteiger partial charge in [0.1, 0.15) is 6.04 Å². The molecule has 0 spiro atoms. The summed E-state index contributed by atoms with van der Waals surface area (Å²) in [5, 5.41) is 20.0. The van der Waals surface area contributed by atoms with Gasteiger partial charge in [-0.25, -0.2) is 4.79 Å². The van der Waals surface area contributed by atoms with Crippen LogP contribution in [0.2, 0.25) is 0 Å². The van der Waals surface area contributed by atoms with Gasteiger partial charge in [-0.1, -0.05) is 24.3 Å². The van der Waals surface area contributed by atoms with Crippen LogP contribution in [0.4, 0.5) is 0 Å². The number of carboxylic acid groups (broad SMARTS) is 2. The molecule has 0 aromatic heterocycles. The normalized spacial score (nSPS) is 17.5. The fraction of sp³-hybridized carbons (Fsp3) is 0.357. The molecule has 1 aliphatic carbocycles. The lowest BCUT2D eigenvalue weighted by atomic mass is 9.77. The summed E-state index contributed by atoms with van der Waals surface area (Å²) < 4.78 is 0. The van der Waals surface area contributed by atoms with Crippen molar-refractivity contribution in [3.63, 3.8) is 0 Å². The smallest absolute Gasteiger partial charge is 0.326 e. The van der Waals surface area contributed by atoms with Crippen LogP contribution in [-0.4, -0.2) is 34.1 Å². The second-order valence-electron chi connectivity index (χ2n) is 4.79. The Balaban J connectivity index is 1.96. The Labute approximate surface area is 115 Å².